The molecule has 1 aliphatic heterocycles. The first-order valence-electron chi connectivity index (χ1n) is 9.58. The Labute approximate surface area is 169 Å². The number of aliphatic carboxylic acids is 1. The Morgan fingerprint density at radius 3 is 2.41 bits per heavy atom. The van der Waals surface area contributed by atoms with Crippen LogP contribution in [0.1, 0.15) is 47.5 Å². The zero-order chi connectivity index (χ0) is 21.9. The number of hydroxylamine groups is 2. The molecule has 0 spiro atoms. The van der Waals surface area contributed by atoms with Crippen LogP contribution in [0.15, 0.2) is 23.3 Å². The first-order valence-corrected chi connectivity index (χ1v) is 9.58. The van der Waals surface area contributed by atoms with Crippen molar-refractivity contribution in [1.82, 2.24) is 9.96 Å². The van der Waals surface area contributed by atoms with E-state index >= 15 is 0 Å². The minimum absolute atomic E-state index is 0.165. The van der Waals surface area contributed by atoms with Crippen molar-refractivity contribution in [3.05, 3.63) is 23.3 Å². The highest BCUT2D eigenvalue weighted by molar-refractivity contribution is 6.20. The zero-order valence-electron chi connectivity index (χ0n) is 17.4. The van der Waals surface area contributed by atoms with E-state index in [4.69, 9.17) is 9.57 Å². The summed E-state index contributed by atoms with van der Waals surface area (Å²) in [6, 6.07) is -1.15. The molecule has 0 bridgehead atoms. The Balaban J connectivity index is 2.09. The van der Waals surface area contributed by atoms with Crippen molar-refractivity contribution in [3.8, 4) is 0 Å². The fourth-order valence-corrected chi connectivity index (χ4v) is 3.20. The number of amides is 3. The van der Waals surface area contributed by atoms with Crippen molar-refractivity contribution in [2.75, 3.05) is 13.2 Å². The highest BCUT2D eigenvalue weighted by Crippen LogP contribution is 2.29. The van der Waals surface area contributed by atoms with Crippen molar-refractivity contribution in [2.24, 2.45) is 5.92 Å². The number of carbonyl (C=O) groups is 4. The molecule has 0 radical (unpaired) electrons. The van der Waals surface area contributed by atoms with Gasteiger partial charge in [0.05, 0.1) is 18.7 Å². The lowest BCUT2D eigenvalue weighted by molar-refractivity contribution is -0.188. The minimum atomic E-state index is -1.18. The summed E-state index contributed by atoms with van der Waals surface area (Å²) in [7, 11) is 0. The van der Waals surface area contributed by atoms with E-state index in [0.29, 0.717) is 29.1 Å². The van der Waals surface area contributed by atoms with E-state index in [1.165, 1.54) is 0 Å². The number of ether oxygens (including phenoxy) is 1. The van der Waals surface area contributed by atoms with Crippen LogP contribution in [0.5, 0.6) is 0 Å². The maximum absolute atomic E-state index is 12.6. The molecular formula is C20H28N2O7. The van der Waals surface area contributed by atoms with Gasteiger partial charge in [0.2, 0.25) is 0 Å². The number of carboxylic acids is 1. The predicted octanol–water partition coefficient (Wildman–Crippen LogP) is 2.28. The Bertz CT molecular complexity index is 761. The SMILES string of the molecule is CC(C)C(C(=O)O)N(CCON1C(=O)C2=C(CCC=C2)C1=O)C(=O)OC(C)(C)C. The molecule has 0 fully saturated rings. The molecule has 0 aromatic rings. The standard InChI is InChI=1S/C20H28N2O7/c1-12(2)15(18(25)26)21(19(27)29-20(3,4)5)10-11-28-22-16(23)13-8-6-7-9-14(13)17(22)24/h6,8,12,15H,7,9-11H2,1-5H3,(H,25,26). The van der Waals surface area contributed by atoms with Gasteiger partial charge in [-0.3, -0.25) is 19.3 Å². The molecule has 0 saturated carbocycles. The van der Waals surface area contributed by atoms with E-state index in [9.17, 15) is 24.3 Å². The van der Waals surface area contributed by atoms with Crippen LogP contribution in [0.4, 0.5) is 4.79 Å². The lowest BCUT2D eigenvalue weighted by atomic mass is 10.00. The second-order valence-electron chi connectivity index (χ2n) is 8.27. The second kappa shape index (κ2) is 8.77. The molecule has 1 unspecified atom stereocenters. The van der Waals surface area contributed by atoms with Gasteiger partial charge in [-0.1, -0.05) is 26.0 Å². The highest BCUT2D eigenvalue weighted by atomic mass is 16.7. The molecule has 160 valence electrons. The first-order chi connectivity index (χ1) is 13.4. The number of rotatable bonds is 7. The minimum Gasteiger partial charge on any atom is -0.480 e. The highest BCUT2D eigenvalue weighted by Gasteiger charge is 2.40. The summed E-state index contributed by atoms with van der Waals surface area (Å²) in [4.78, 5) is 55.5. The molecule has 9 heteroatoms. The fourth-order valence-electron chi connectivity index (χ4n) is 3.20. The molecule has 1 N–H and O–H groups in total. The van der Waals surface area contributed by atoms with Crippen molar-refractivity contribution < 1.29 is 33.9 Å². The van der Waals surface area contributed by atoms with Crippen LogP contribution in [0.2, 0.25) is 0 Å². The molecule has 1 aliphatic carbocycles. The predicted molar refractivity (Wildman–Crippen MR) is 102 cm³/mol. The number of carbonyl (C=O) groups excluding carboxylic acids is 3. The average Bonchev–Trinajstić information content (AvgIpc) is 2.83. The van der Waals surface area contributed by atoms with Gasteiger partial charge in [0.15, 0.2) is 0 Å². The average molecular weight is 408 g/mol. The third-order valence-corrected chi connectivity index (χ3v) is 4.43. The number of allylic oxidation sites excluding steroid dienone is 1. The van der Waals surface area contributed by atoms with Crippen LogP contribution >= 0.6 is 0 Å². The summed E-state index contributed by atoms with van der Waals surface area (Å²) < 4.78 is 5.33. The van der Waals surface area contributed by atoms with Crippen LogP contribution < -0.4 is 0 Å². The first kappa shape index (κ1) is 22.6. The molecule has 9 nitrogen and oxygen atoms in total. The van der Waals surface area contributed by atoms with E-state index in [-0.39, 0.29) is 13.2 Å². The van der Waals surface area contributed by atoms with E-state index < -0.39 is 41.4 Å². The van der Waals surface area contributed by atoms with Gasteiger partial charge in [-0.05, 0) is 39.5 Å². The van der Waals surface area contributed by atoms with E-state index in [1.807, 2.05) is 6.08 Å². The molecule has 1 atom stereocenters. The summed E-state index contributed by atoms with van der Waals surface area (Å²) in [6.45, 7) is 7.98. The normalized spacial score (nSPS) is 17.7. The summed E-state index contributed by atoms with van der Waals surface area (Å²) in [5.74, 6) is -2.64. The number of imide groups is 1. The van der Waals surface area contributed by atoms with Gasteiger partial charge < -0.3 is 9.84 Å². The van der Waals surface area contributed by atoms with Crippen LogP contribution in [0.25, 0.3) is 0 Å². The lowest BCUT2D eigenvalue weighted by Crippen LogP contribution is -2.51. The van der Waals surface area contributed by atoms with E-state index in [1.54, 1.807) is 40.7 Å². The lowest BCUT2D eigenvalue weighted by Gasteiger charge is -2.33. The summed E-state index contributed by atoms with van der Waals surface area (Å²) in [6.07, 6.45) is 3.76. The Hall–Kier alpha value is -2.68. The van der Waals surface area contributed by atoms with Gasteiger partial charge in [-0.2, -0.15) is 0 Å². The third kappa shape index (κ3) is 5.23. The number of hydrogen-bond donors (Lipinski definition) is 1. The Kier molecular flexibility index (Phi) is 6.84. The Morgan fingerprint density at radius 2 is 1.90 bits per heavy atom. The van der Waals surface area contributed by atoms with Crippen LogP contribution in [-0.4, -0.2) is 63.7 Å². The third-order valence-electron chi connectivity index (χ3n) is 4.43. The number of nitrogens with zero attached hydrogens (tertiary/aromatic N) is 2. The quantitative estimate of drug-likeness (QED) is 0.643. The number of hydrogen-bond acceptors (Lipinski definition) is 6. The topological polar surface area (TPSA) is 113 Å². The van der Waals surface area contributed by atoms with Gasteiger partial charge in [-0.15, -0.1) is 5.06 Å². The second-order valence-corrected chi connectivity index (χ2v) is 8.27. The van der Waals surface area contributed by atoms with Crippen molar-refractivity contribution in [1.29, 1.82) is 0 Å². The molecule has 1 heterocycles. The van der Waals surface area contributed by atoms with Crippen LogP contribution in [0, 0.1) is 5.92 Å². The smallest absolute Gasteiger partial charge is 0.411 e. The van der Waals surface area contributed by atoms with Crippen LogP contribution in [-0.2, 0) is 24.0 Å². The van der Waals surface area contributed by atoms with Crippen molar-refractivity contribution in [3.63, 3.8) is 0 Å². The molecule has 0 aromatic carbocycles. The van der Waals surface area contributed by atoms with Gasteiger partial charge in [0, 0.05) is 5.57 Å². The van der Waals surface area contributed by atoms with Crippen molar-refractivity contribution in [2.45, 2.75) is 59.1 Å². The fraction of sp³-hybridized carbons (Fsp3) is 0.600. The largest absolute Gasteiger partial charge is 0.480 e. The monoisotopic (exact) mass is 408 g/mol. The molecule has 0 saturated heterocycles. The van der Waals surface area contributed by atoms with Gasteiger partial charge in [-0.25, -0.2) is 9.59 Å². The molecule has 2 rings (SSSR count). The van der Waals surface area contributed by atoms with E-state index in [0.717, 1.165) is 4.90 Å². The number of carboxylic acid groups (broad SMARTS) is 1. The Morgan fingerprint density at radius 1 is 1.24 bits per heavy atom. The maximum Gasteiger partial charge on any atom is 0.411 e. The summed E-state index contributed by atoms with van der Waals surface area (Å²) >= 11 is 0. The molecule has 0 aromatic heterocycles. The summed E-state index contributed by atoms with van der Waals surface area (Å²) in [5, 5.41) is 10.3. The van der Waals surface area contributed by atoms with Crippen LogP contribution in [0.3, 0.4) is 0 Å². The van der Waals surface area contributed by atoms with Gasteiger partial charge in [0.1, 0.15) is 11.6 Å². The summed E-state index contributed by atoms with van der Waals surface area (Å²) in [5.41, 5.74) is -0.0881. The molecule has 2 aliphatic rings. The molecular weight excluding hydrogens is 380 g/mol. The van der Waals surface area contributed by atoms with E-state index in [2.05, 4.69) is 0 Å². The molecule has 3 amide bonds. The van der Waals surface area contributed by atoms with Crippen molar-refractivity contribution >= 4 is 23.9 Å². The van der Waals surface area contributed by atoms with Gasteiger partial charge in [0.25, 0.3) is 11.8 Å². The maximum atomic E-state index is 12.6. The van der Waals surface area contributed by atoms with Gasteiger partial charge >= 0.3 is 12.1 Å². The molecule has 29 heavy (non-hydrogen) atoms. The zero-order valence-corrected chi connectivity index (χ0v) is 17.4.